The minimum Gasteiger partial charge on any atom is -0.397 e. The van der Waals surface area contributed by atoms with Crippen molar-refractivity contribution >= 4 is 5.71 Å². The number of aliphatic hydroxyl groups excluding tert-OH is 1. The fourth-order valence-electron chi connectivity index (χ4n) is 3.95. The average Bonchev–Trinajstić information content (AvgIpc) is 2.70. The van der Waals surface area contributed by atoms with Gasteiger partial charge in [-0.1, -0.05) is 12.1 Å². The van der Waals surface area contributed by atoms with Gasteiger partial charge >= 0.3 is 0 Å². The Kier molecular flexibility index (Phi) is 9.38. The molecule has 2 unspecified atom stereocenters. The summed E-state index contributed by atoms with van der Waals surface area (Å²) >= 11 is 0. The second-order valence-corrected chi connectivity index (χ2v) is 7.50. The van der Waals surface area contributed by atoms with Crippen molar-refractivity contribution in [3.8, 4) is 0 Å². The molecule has 0 bridgehead atoms. The molecule has 4 N–H and O–H groups in total. The number of nitrogens with one attached hydrogen (secondary N) is 1. The first-order valence-electron chi connectivity index (χ1n) is 10.5. The molecule has 2 aromatic rings. The summed E-state index contributed by atoms with van der Waals surface area (Å²) in [5.41, 5.74) is 11.1. The number of likely N-dealkylation sites (tertiary alicyclic amines) is 1. The van der Waals surface area contributed by atoms with E-state index in [4.69, 9.17) is 16.2 Å². The van der Waals surface area contributed by atoms with Crippen LogP contribution in [0.2, 0.25) is 0 Å². The Hall–Kier alpha value is -2.15. The molecular weight excluding hydrogens is 362 g/mol. The van der Waals surface area contributed by atoms with E-state index in [1.165, 1.54) is 11.1 Å². The third kappa shape index (κ3) is 6.16. The Morgan fingerprint density at radius 2 is 1.52 bits per heavy atom. The molecule has 1 aliphatic heterocycles. The molecule has 0 radical (unpaired) electrons. The van der Waals surface area contributed by atoms with Crippen LogP contribution >= 0.6 is 0 Å². The number of aromatic nitrogens is 2. The summed E-state index contributed by atoms with van der Waals surface area (Å²) in [6.45, 7) is 7.81. The molecule has 6 nitrogen and oxygen atoms in total. The van der Waals surface area contributed by atoms with Crippen molar-refractivity contribution in [2.45, 2.75) is 58.5 Å². The zero-order chi connectivity index (χ0) is 21.2. The summed E-state index contributed by atoms with van der Waals surface area (Å²) in [5, 5.41) is 16.1. The maximum absolute atomic E-state index is 8.49. The number of pyridine rings is 2. The molecule has 0 aromatic carbocycles. The number of aryl methyl sites for hydroxylation is 2. The van der Waals surface area contributed by atoms with Crippen molar-refractivity contribution < 1.29 is 5.11 Å². The first-order chi connectivity index (χ1) is 14.0. The van der Waals surface area contributed by atoms with Crippen LogP contribution in [0.1, 0.15) is 67.2 Å². The van der Waals surface area contributed by atoms with Gasteiger partial charge in [0.2, 0.25) is 0 Å². The molecule has 3 rings (SSSR count). The first-order valence-corrected chi connectivity index (χ1v) is 10.5. The molecule has 29 heavy (non-hydrogen) atoms. The largest absolute Gasteiger partial charge is 0.397 e. The molecule has 0 spiro atoms. The number of hydrogen-bond acceptors (Lipinski definition) is 6. The summed E-state index contributed by atoms with van der Waals surface area (Å²) in [6.07, 6.45) is 7.26. The molecular formula is C23H35N5O. The Morgan fingerprint density at radius 3 is 1.93 bits per heavy atom. The van der Waals surface area contributed by atoms with Crippen molar-refractivity contribution in [1.29, 1.82) is 5.41 Å². The van der Waals surface area contributed by atoms with Crippen molar-refractivity contribution in [2.24, 2.45) is 5.73 Å². The van der Waals surface area contributed by atoms with Gasteiger partial charge in [-0.15, -0.1) is 0 Å². The van der Waals surface area contributed by atoms with E-state index in [0.29, 0.717) is 6.54 Å². The molecule has 0 aliphatic carbocycles. The molecule has 1 aliphatic rings. The summed E-state index contributed by atoms with van der Waals surface area (Å²) in [6, 6.07) is 8.43. The quantitative estimate of drug-likeness (QED) is 0.645. The molecule has 0 saturated carbocycles. The van der Waals surface area contributed by atoms with Gasteiger partial charge in [-0.25, -0.2) is 0 Å². The lowest BCUT2D eigenvalue weighted by molar-refractivity contribution is 0.114. The van der Waals surface area contributed by atoms with Gasteiger partial charge in [0.25, 0.3) is 0 Å². The van der Waals surface area contributed by atoms with Gasteiger partial charge in [0.05, 0.1) is 23.5 Å². The Morgan fingerprint density at radius 1 is 1.03 bits per heavy atom. The lowest BCUT2D eigenvalue weighted by Crippen LogP contribution is -2.41. The Balaban J connectivity index is 0.000000941. The highest BCUT2D eigenvalue weighted by atomic mass is 16.2. The van der Waals surface area contributed by atoms with E-state index in [1.807, 2.05) is 24.5 Å². The number of rotatable bonds is 6. The normalized spacial score (nSPS) is 19.6. The van der Waals surface area contributed by atoms with Gasteiger partial charge in [-0.2, -0.15) is 0 Å². The summed E-state index contributed by atoms with van der Waals surface area (Å²) < 4.78 is 0. The lowest BCUT2D eigenvalue weighted by atomic mass is 9.87. The minimum atomic E-state index is 0.127. The number of piperidine rings is 1. The highest BCUT2D eigenvalue weighted by Crippen LogP contribution is 2.40. The minimum absolute atomic E-state index is 0.127. The van der Waals surface area contributed by atoms with E-state index < -0.39 is 0 Å². The maximum atomic E-state index is 8.49. The number of aliphatic hydroxyl groups is 1. The predicted molar refractivity (Wildman–Crippen MR) is 118 cm³/mol. The SMILES string of the molecule is CCO.Cc1cccnc1C1CC(=N)CC(c2ncccc2C)N1CCCCN. The van der Waals surface area contributed by atoms with E-state index in [-0.39, 0.29) is 18.7 Å². The number of nitrogens with two attached hydrogens (primary N) is 1. The molecule has 1 saturated heterocycles. The zero-order valence-corrected chi connectivity index (χ0v) is 17.9. The zero-order valence-electron chi connectivity index (χ0n) is 17.9. The van der Waals surface area contributed by atoms with Crippen LogP contribution in [0.3, 0.4) is 0 Å². The van der Waals surface area contributed by atoms with Crippen molar-refractivity contribution in [2.75, 3.05) is 19.7 Å². The van der Waals surface area contributed by atoms with Crippen LogP contribution in [0, 0.1) is 19.3 Å². The van der Waals surface area contributed by atoms with Crippen LogP contribution in [0.5, 0.6) is 0 Å². The molecule has 3 heterocycles. The Labute approximate surface area is 174 Å². The van der Waals surface area contributed by atoms with E-state index in [2.05, 4.69) is 40.8 Å². The van der Waals surface area contributed by atoms with Crippen LogP contribution in [0.4, 0.5) is 0 Å². The fourth-order valence-corrected chi connectivity index (χ4v) is 3.95. The second kappa shape index (κ2) is 11.8. The van der Waals surface area contributed by atoms with Crippen LogP contribution < -0.4 is 5.73 Å². The van der Waals surface area contributed by atoms with Gasteiger partial charge in [0.1, 0.15) is 0 Å². The van der Waals surface area contributed by atoms with E-state index in [1.54, 1.807) is 6.92 Å². The van der Waals surface area contributed by atoms with Gasteiger partial charge in [0, 0.05) is 37.6 Å². The highest BCUT2D eigenvalue weighted by Gasteiger charge is 2.37. The van der Waals surface area contributed by atoms with Crippen molar-refractivity contribution in [1.82, 2.24) is 14.9 Å². The highest BCUT2D eigenvalue weighted by molar-refractivity contribution is 5.83. The number of unbranched alkanes of at least 4 members (excludes halogenated alkanes) is 1. The van der Waals surface area contributed by atoms with E-state index in [0.717, 1.165) is 49.3 Å². The number of nitrogens with zero attached hydrogens (tertiary/aromatic N) is 3. The third-order valence-electron chi connectivity index (χ3n) is 5.28. The first kappa shape index (κ1) is 23.1. The molecule has 2 atom stereocenters. The fraction of sp³-hybridized carbons (Fsp3) is 0.522. The Bertz CT molecular complexity index is 722. The van der Waals surface area contributed by atoms with Crippen LogP contribution in [-0.2, 0) is 0 Å². The molecule has 1 fully saturated rings. The standard InChI is InChI=1S/C21H29N5.C2H6O/c1-15-7-5-10-24-20(15)18-13-17(23)14-19(26(18)12-4-3-9-22)21-16(2)8-6-11-25-21;1-2-3/h5-8,10-11,18-19,23H,3-4,9,12-14,22H2,1-2H3;3H,2H2,1H3. The monoisotopic (exact) mass is 397 g/mol. The maximum Gasteiger partial charge on any atom is 0.0608 e. The van der Waals surface area contributed by atoms with Crippen molar-refractivity contribution in [3.05, 3.63) is 59.2 Å². The molecule has 0 amide bonds. The molecule has 2 aromatic heterocycles. The van der Waals surface area contributed by atoms with Gasteiger partial charge in [0.15, 0.2) is 0 Å². The van der Waals surface area contributed by atoms with E-state index >= 15 is 0 Å². The molecule has 158 valence electrons. The smallest absolute Gasteiger partial charge is 0.0608 e. The number of hydrogen-bond donors (Lipinski definition) is 3. The van der Waals surface area contributed by atoms with Gasteiger partial charge in [-0.05, 0) is 70.0 Å². The van der Waals surface area contributed by atoms with E-state index in [9.17, 15) is 0 Å². The summed E-state index contributed by atoms with van der Waals surface area (Å²) in [5.74, 6) is 0. The van der Waals surface area contributed by atoms with Crippen LogP contribution in [0.15, 0.2) is 36.7 Å². The van der Waals surface area contributed by atoms with Gasteiger partial charge < -0.3 is 16.2 Å². The van der Waals surface area contributed by atoms with Crippen LogP contribution in [0.25, 0.3) is 0 Å². The topological polar surface area (TPSA) is 99.1 Å². The van der Waals surface area contributed by atoms with Gasteiger partial charge in [-0.3, -0.25) is 14.9 Å². The summed E-state index contributed by atoms with van der Waals surface area (Å²) in [7, 11) is 0. The predicted octanol–water partition coefficient (Wildman–Crippen LogP) is 3.73. The average molecular weight is 398 g/mol. The second-order valence-electron chi connectivity index (χ2n) is 7.50. The van der Waals surface area contributed by atoms with Crippen molar-refractivity contribution in [3.63, 3.8) is 0 Å². The molecule has 6 heteroatoms. The lowest BCUT2D eigenvalue weighted by Gasteiger charge is -2.42. The summed E-state index contributed by atoms with van der Waals surface area (Å²) in [4.78, 5) is 11.9. The third-order valence-corrected chi connectivity index (χ3v) is 5.28. The van der Waals surface area contributed by atoms with Crippen LogP contribution in [-0.4, -0.2) is 45.4 Å².